The zero-order valence-corrected chi connectivity index (χ0v) is 24.6. The average molecular weight is 555 g/mol. The minimum Gasteiger partial charge on any atom is -0.361 e. The van der Waals surface area contributed by atoms with Gasteiger partial charge in [0.15, 0.2) is 5.11 Å². The summed E-state index contributed by atoms with van der Waals surface area (Å²) in [5, 5.41) is 8.28. The first-order valence-electron chi connectivity index (χ1n) is 14.6. The second-order valence-corrected chi connectivity index (χ2v) is 12.8. The molecule has 1 aromatic carbocycles. The molecule has 5 rings (SSSR count). The fraction of sp³-hybridized carbons (Fsp3) is 0.633. The van der Waals surface area contributed by atoms with Gasteiger partial charge in [-0.2, -0.15) is 9.97 Å². The van der Waals surface area contributed by atoms with Gasteiger partial charge in [-0.15, -0.1) is 0 Å². The van der Waals surface area contributed by atoms with Gasteiger partial charge in [-0.1, -0.05) is 56.8 Å². The Balaban J connectivity index is 1.32. The van der Waals surface area contributed by atoms with Crippen LogP contribution in [0.25, 0.3) is 0 Å². The number of piperidine rings is 2. The van der Waals surface area contributed by atoms with Crippen molar-refractivity contribution in [2.75, 3.05) is 47.8 Å². The van der Waals surface area contributed by atoms with Gasteiger partial charge in [0.25, 0.3) is 0 Å². The maximum absolute atomic E-state index is 6.39. The van der Waals surface area contributed by atoms with Crippen molar-refractivity contribution in [3.8, 4) is 0 Å². The first kappa shape index (κ1) is 27.4. The molecule has 2 aromatic rings. The Bertz CT molecular complexity index is 1100. The van der Waals surface area contributed by atoms with Crippen molar-refractivity contribution in [2.24, 2.45) is 11.8 Å². The molecule has 8 heteroatoms. The van der Waals surface area contributed by atoms with E-state index < -0.39 is 0 Å². The maximum Gasteiger partial charge on any atom is 0.232 e. The Morgan fingerprint density at radius 1 is 0.947 bits per heavy atom. The SMILES string of the molecule is CC1CCN(c2cc(N3CCC[C@@H](C)C3)nc(NC(=S)NCC3(c4cccc(Cl)c4)CCCCC3)n2)CC1. The van der Waals surface area contributed by atoms with Crippen LogP contribution in [0.3, 0.4) is 0 Å². The van der Waals surface area contributed by atoms with Gasteiger partial charge >= 0.3 is 0 Å². The molecule has 0 amide bonds. The summed E-state index contributed by atoms with van der Waals surface area (Å²) in [6, 6.07) is 10.5. The first-order chi connectivity index (χ1) is 18.4. The van der Waals surface area contributed by atoms with E-state index in [1.807, 2.05) is 6.07 Å². The molecule has 38 heavy (non-hydrogen) atoms. The molecule has 3 fully saturated rings. The van der Waals surface area contributed by atoms with Crippen molar-refractivity contribution in [1.82, 2.24) is 15.3 Å². The Labute approximate surface area is 238 Å². The third kappa shape index (κ3) is 6.71. The van der Waals surface area contributed by atoms with Gasteiger partial charge in [0.1, 0.15) is 11.6 Å². The molecule has 2 saturated heterocycles. The van der Waals surface area contributed by atoms with Gasteiger partial charge in [0, 0.05) is 49.2 Å². The Morgan fingerprint density at radius 2 is 1.68 bits per heavy atom. The fourth-order valence-corrected chi connectivity index (χ4v) is 6.80. The van der Waals surface area contributed by atoms with Crippen LogP contribution in [0.15, 0.2) is 30.3 Å². The number of rotatable bonds is 6. The number of thiocarbonyl (C=S) groups is 1. The fourth-order valence-electron chi connectivity index (χ4n) is 6.45. The molecule has 0 radical (unpaired) electrons. The summed E-state index contributed by atoms with van der Waals surface area (Å²) >= 11 is 12.2. The normalized spacial score (nSPS) is 22.2. The van der Waals surface area contributed by atoms with Crippen molar-refractivity contribution in [2.45, 2.75) is 77.0 Å². The highest BCUT2D eigenvalue weighted by Gasteiger charge is 2.34. The molecule has 2 aliphatic heterocycles. The van der Waals surface area contributed by atoms with Gasteiger partial charge in [0.2, 0.25) is 5.95 Å². The molecule has 0 unspecified atom stereocenters. The Morgan fingerprint density at radius 3 is 2.39 bits per heavy atom. The van der Waals surface area contributed by atoms with E-state index >= 15 is 0 Å². The van der Waals surface area contributed by atoms with E-state index in [2.05, 4.69) is 58.5 Å². The summed E-state index contributed by atoms with van der Waals surface area (Å²) < 4.78 is 0. The number of benzene rings is 1. The van der Waals surface area contributed by atoms with Crippen molar-refractivity contribution >= 4 is 46.5 Å². The van der Waals surface area contributed by atoms with Gasteiger partial charge in [-0.3, -0.25) is 0 Å². The minimum atomic E-state index is 0.0389. The summed E-state index contributed by atoms with van der Waals surface area (Å²) in [4.78, 5) is 14.7. The molecule has 1 aromatic heterocycles. The number of hydrogen-bond acceptors (Lipinski definition) is 5. The summed E-state index contributed by atoms with van der Waals surface area (Å²) in [5.41, 5.74) is 1.34. The van der Waals surface area contributed by atoms with E-state index in [9.17, 15) is 0 Å². The van der Waals surface area contributed by atoms with Crippen LogP contribution in [0.4, 0.5) is 17.6 Å². The van der Waals surface area contributed by atoms with Crippen LogP contribution in [-0.4, -0.2) is 47.8 Å². The van der Waals surface area contributed by atoms with Gasteiger partial charge in [0.05, 0.1) is 0 Å². The molecule has 3 heterocycles. The van der Waals surface area contributed by atoms with Crippen LogP contribution in [0.2, 0.25) is 5.02 Å². The predicted molar refractivity (Wildman–Crippen MR) is 164 cm³/mol. The third-order valence-corrected chi connectivity index (χ3v) is 9.33. The first-order valence-corrected chi connectivity index (χ1v) is 15.4. The second kappa shape index (κ2) is 12.4. The number of anilines is 3. The number of aromatic nitrogens is 2. The molecule has 3 aliphatic rings. The molecule has 1 saturated carbocycles. The minimum absolute atomic E-state index is 0.0389. The van der Waals surface area contributed by atoms with Crippen LogP contribution < -0.4 is 20.4 Å². The number of nitrogens with zero attached hydrogens (tertiary/aromatic N) is 4. The molecule has 206 valence electrons. The summed E-state index contributed by atoms with van der Waals surface area (Å²) in [5.74, 6) is 4.06. The van der Waals surface area contributed by atoms with Gasteiger partial charge in [-0.25, -0.2) is 0 Å². The van der Waals surface area contributed by atoms with Crippen molar-refractivity contribution in [3.63, 3.8) is 0 Å². The zero-order valence-electron chi connectivity index (χ0n) is 23.0. The van der Waals surface area contributed by atoms with E-state index in [1.54, 1.807) is 0 Å². The van der Waals surface area contributed by atoms with E-state index in [0.717, 1.165) is 68.1 Å². The lowest BCUT2D eigenvalue weighted by molar-refractivity contribution is 0.292. The van der Waals surface area contributed by atoms with E-state index in [-0.39, 0.29) is 5.41 Å². The quantitative estimate of drug-likeness (QED) is 0.381. The van der Waals surface area contributed by atoms with Crippen LogP contribution in [0.5, 0.6) is 0 Å². The van der Waals surface area contributed by atoms with Crippen molar-refractivity contribution < 1.29 is 0 Å². The van der Waals surface area contributed by atoms with Crippen LogP contribution in [0.1, 0.15) is 77.2 Å². The van der Waals surface area contributed by atoms with E-state index in [4.69, 9.17) is 33.8 Å². The lowest BCUT2D eigenvalue weighted by atomic mass is 9.69. The van der Waals surface area contributed by atoms with Gasteiger partial charge < -0.3 is 20.4 Å². The molecular formula is C30H43ClN6S. The van der Waals surface area contributed by atoms with Crippen LogP contribution in [-0.2, 0) is 5.41 Å². The highest BCUT2D eigenvalue weighted by atomic mass is 35.5. The molecular weight excluding hydrogens is 512 g/mol. The Hall–Kier alpha value is -2.12. The third-order valence-electron chi connectivity index (χ3n) is 8.85. The average Bonchev–Trinajstić information content (AvgIpc) is 2.93. The van der Waals surface area contributed by atoms with E-state index in [0.29, 0.717) is 17.0 Å². The highest BCUT2D eigenvalue weighted by Crippen LogP contribution is 2.40. The Kier molecular flexibility index (Phi) is 8.94. The second-order valence-electron chi connectivity index (χ2n) is 11.9. The summed E-state index contributed by atoms with van der Waals surface area (Å²) in [6.45, 7) is 9.62. The molecule has 1 atom stereocenters. The number of halogens is 1. The van der Waals surface area contributed by atoms with Crippen LogP contribution >= 0.6 is 23.8 Å². The molecule has 0 spiro atoms. The number of hydrogen-bond donors (Lipinski definition) is 2. The molecule has 6 nitrogen and oxygen atoms in total. The molecule has 2 N–H and O–H groups in total. The van der Waals surface area contributed by atoms with Crippen molar-refractivity contribution in [3.05, 3.63) is 40.9 Å². The maximum atomic E-state index is 6.39. The van der Waals surface area contributed by atoms with Crippen LogP contribution in [0, 0.1) is 11.8 Å². The largest absolute Gasteiger partial charge is 0.361 e. The topological polar surface area (TPSA) is 56.3 Å². The lowest BCUT2D eigenvalue weighted by Crippen LogP contribution is -2.43. The van der Waals surface area contributed by atoms with Crippen molar-refractivity contribution in [1.29, 1.82) is 0 Å². The zero-order chi connectivity index (χ0) is 26.5. The summed E-state index contributed by atoms with van der Waals surface area (Å²) in [6.07, 6.45) is 10.9. The standard InChI is InChI=1S/C30H43ClN6S/c1-22-11-16-36(17-12-22)26-19-27(37-15-7-8-23(2)20-37)34-28(33-26)35-29(38)32-21-30(13-4-3-5-14-30)24-9-6-10-25(31)18-24/h6,9-10,18-19,22-23H,3-5,7-8,11-17,20-21H2,1-2H3,(H2,32,33,34,35,38)/t23-/m1/s1. The smallest absolute Gasteiger partial charge is 0.232 e. The predicted octanol–water partition coefficient (Wildman–Crippen LogP) is 6.79. The summed E-state index contributed by atoms with van der Waals surface area (Å²) in [7, 11) is 0. The molecule has 0 bridgehead atoms. The monoisotopic (exact) mass is 554 g/mol. The molecule has 1 aliphatic carbocycles. The lowest BCUT2D eigenvalue weighted by Gasteiger charge is -2.38. The number of nitrogens with one attached hydrogen (secondary N) is 2. The van der Waals surface area contributed by atoms with E-state index in [1.165, 1.54) is 50.5 Å². The highest BCUT2D eigenvalue weighted by molar-refractivity contribution is 7.80. The van der Waals surface area contributed by atoms with Gasteiger partial charge in [-0.05, 0) is 80.3 Å².